The van der Waals surface area contributed by atoms with Crippen LogP contribution in [0.1, 0.15) is 18.5 Å². The van der Waals surface area contributed by atoms with Crippen molar-refractivity contribution in [1.29, 1.82) is 0 Å². The molecular formula is C11H11FN2OS. The number of halogens is 1. The van der Waals surface area contributed by atoms with Gasteiger partial charge in [0.25, 0.3) is 5.22 Å². The molecule has 0 radical (unpaired) electrons. The molecule has 2 rings (SSSR count). The number of hydrogen-bond donors (Lipinski definition) is 1. The molecule has 0 bridgehead atoms. The maximum atomic E-state index is 13.1. The Morgan fingerprint density at radius 1 is 1.50 bits per heavy atom. The zero-order valence-corrected chi connectivity index (χ0v) is 9.50. The second-order valence-electron chi connectivity index (χ2n) is 3.37. The summed E-state index contributed by atoms with van der Waals surface area (Å²) in [7, 11) is 0. The second-order valence-corrected chi connectivity index (χ2v) is 4.36. The largest absolute Gasteiger partial charge is 0.440 e. The molecule has 0 saturated heterocycles. The summed E-state index contributed by atoms with van der Waals surface area (Å²) in [6.45, 7) is 1.81. The Bertz CT molecular complexity index is 471. The van der Waals surface area contributed by atoms with Gasteiger partial charge in [-0.1, -0.05) is 0 Å². The quantitative estimate of drug-likeness (QED) is 0.893. The molecule has 1 atom stereocenters. The molecule has 5 heteroatoms. The van der Waals surface area contributed by atoms with E-state index in [0.29, 0.717) is 5.22 Å². The first-order valence-corrected chi connectivity index (χ1v) is 5.61. The van der Waals surface area contributed by atoms with E-state index in [1.165, 1.54) is 30.2 Å². The molecule has 0 aliphatic heterocycles. The highest BCUT2D eigenvalue weighted by Crippen LogP contribution is 2.32. The molecule has 0 saturated carbocycles. The monoisotopic (exact) mass is 238 g/mol. The number of hydrogen-bond acceptors (Lipinski definition) is 4. The number of oxazole rings is 1. The summed E-state index contributed by atoms with van der Waals surface area (Å²) in [5, 5.41) is 0.522. The molecule has 16 heavy (non-hydrogen) atoms. The molecule has 2 N–H and O–H groups in total. The van der Waals surface area contributed by atoms with Gasteiger partial charge in [0, 0.05) is 10.9 Å². The van der Waals surface area contributed by atoms with Crippen LogP contribution in [-0.4, -0.2) is 4.98 Å². The number of aromatic nitrogens is 1. The first kappa shape index (κ1) is 11.2. The van der Waals surface area contributed by atoms with Crippen molar-refractivity contribution in [3.63, 3.8) is 0 Å². The minimum Gasteiger partial charge on any atom is -0.440 e. The van der Waals surface area contributed by atoms with Crippen LogP contribution >= 0.6 is 11.8 Å². The van der Waals surface area contributed by atoms with Crippen molar-refractivity contribution in [3.05, 3.63) is 42.0 Å². The van der Waals surface area contributed by atoms with Crippen molar-refractivity contribution in [3.8, 4) is 0 Å². The number of rotatable bonds is 3. The first-order chi connectivity index (χ1) is 7.66. The Hall–Kier alpha value is -1.33. The Labute approximate surface area is 96.9 Å². The van der Waals surface area contributed by atoms with E-state index in [4.69, 9.17) is 10.2 Å². The Balaban J connectivity index is 2.33. The number of nitrogens with zero attached hydrogens (tertiary/aromatic N) is 1. The highest BCUT2D eigenvalue weighted by Gasteiger charge is 2.11. The van der Waals surface area contributed by atoms with Gasteiger partial charge in [0.1, 0.15) is 12.1 Å². The second kappa shape index (κ2) is 4.67. The van der Waals surface area contributed by atoms with Crippen LogP contribution in [0.25, 0.3) is 0 Å². The Kier molecular flexibility index (Phi) is 3.26. The molecule has 0 aliphatic rings. The summed E-state index contributed by atoms with van der Waals surface area (Å²) in [4.78, 5) is 4.86. The van der Waals surface area contributed by atoms with E-state index in [9.17, 15) is 4.39 Å². The third kappa shape index (κ3) is 2.43. The smallest absolute Gasteiger partial charge is 0.260 e. The lowest BCUT2D eigenvalue weighted by Crippen LogP contribution is -2.06. The molecule has 0 amide bonds. The highest BCUT2D eigenvalue weighted by atomic mass is 32.2. The Morgan fingerprint density at radius 2 is 2.31 bits per heavy atom. The van der Waals surface area contributed by atoms with Gasteiger partial charge in [-0.3, -0.25) is 0 Å². The van der Waals surface area contributed by atoms with Gasteiger partial charge in [-0.25, -0.2) is 9.37 Å². The zero-order valence-electron chi connectivity index (χ0n) is 8.68. The summed E-state index contributed by atoms with van der Waals surface area (Å²) in [6.07, 6.45) is 3.06. The molecule has 3 nitrogen and oxygen atoms in total. The molecule has 2 aromatic rings. The average molecular weight is 238 g/mol. The van der Waals surface area contributed by atoms with Crippen molar-refractivity contribution in [2.75, 3.05) is 0 Å². The summed E-state index contributed by atoms with van der Waals surface area (Å²) < 4.78 is 18.2. The fourth-order valence-corrected chi connectivity index (χ4v) is 2.23. The lowest BCUT2D eigenvalue weighted by atomic mass is 10.1. The third-order valence-corrected chi connectivity index (χ3v) is 3.04. The normalized spacial score (nSPS) is 12.7. The van der Waals surface area contributed by atoms with Crippen LogP contribution in [0.3, 0.4) is 0 Å². The van der Waals surface area contributed by atoms with E-state index in [2.05, 4.69) is 4.98 Å². The molecular weight excluding hydrogens is 227 g/mol. The van der Waals surface area contributed by atoms with Crippen LogP contribution in [0.15, 0.2) is 45.2 Å². The molecule has 84 valence electrons. The summed E-state index contributed by atoms with van der Waals surface area (Å²) in [6, 6.07) is 4.30. The minimum absolute atomic E-state index is 0.229. The van der Waals surface area contributed by atoms with Crippen LogP contribution in [0.4, 0.5) is 4.39 Å². The molecule has 0 spiro atoms. The minimum atomic E-state index is -0.288. The van der Waals surface area contributed by atoms with Gasteiger partial charge in [-0.2, -0.15) is 0 Å². The molecule has 1 aromatic carbocycles. The van der Waals surface area contributed by atoms with Crippen molar-refractivity contribution >= 4 is 11.8 Å². The molecule has 0 unspecified atom stereocenters. The zero-order chi connectivity index (χ0) is 11.5. The number of nitrogens with two attached hydrogens (primary N) is 1. The van der Waals surface area contributed by atoms with Gasteiger partial charge < -0.3 is 10.2 Å². The topological polar surface area (TPSA) is 52.0 Å². The van der Waals surface area contributed by atoms with E-state index in [0.717, 1.165) is 10.5 Å². The fraction of sp³-hybridized carbons (Fsp3) is 0.182. The predicted molar refractivity (Wildman–Crippen MR) is 59.6 cm³/mol. The van der Waals surface area contributed by atoms with Crippen molar-refractivity contribution in [1.82, 2.24) is 4.98 Å². The third-order valence-electron chi connectivity index (χ3n) is 2.07. The van der Waals surface area contributed by atoms with Crippen molar-refractivity contribution in [2.45, 2.75) is 23.1 Å². The standard InChI is InChI=1S/C11H11FN2OS/c1-7(13)9-6-8(12)2-3-10(9)16-11-14-4-5-15-11/h2-7H,13H2,1H3/t7-/m1/s1. The predicted octanol–water partition coefficient (Wildman–Crippen LogP) is 2.98. The van der Waals surface area contributed by atoms with Crippen molar-refractivity contribution < 1.29 is 8.81 Å². The van der Waals surface area contributed by atoms with Gasteiger partial charge in [0.05, 0.1) is 6.20 Å². The van der Waals surface area contributed by atoms with Crippen molar-refractivity contribution in [2.24, 2.45) is 5.73 Å². The van der Waals surface area contributed by atoms with Crippen LogP contribution in [-0.2, 0) is 0 Å². The summed E-state index contributed by atoms with van der Waals surface area (Å²) in [5.41, 5.74) is 6.53. The van der Waals surface area contributed by atoms with E-state index in [1.807, 2.05) is 6.92 Å². The van der Waals surface area contributed by atoms with Gasteiger partial charge in [-0.15, -0.1) is 0 Å². The average Bonchev–Trinajstić information content (AvgIpc) is 2.73. The van der Waals surface area contributed by atoms with Gasteiger partial charge in [-0.05, 0) is 42.4 Å². The van der Waals surface area contributed by atoms with Crippen LogP contribution in [0.2, 0.25) is 0 Å². The van der Waals surface area contributed by atoms with Gasteiger partial charge in [0.15, 0.2) is 0 Å². The SMILES string of the molecule is C[C@@H](N)c1cc(F)ccc1Sc1ncco1. The maximum Gasteiger partial charge on any atom is 0.260 e. The van der Waals surface area contributed by atoms with Crippen LogP contribution in [0.5, 0.6) is 0 Å². The highest BCUT2D eigenvalue weighted by molar-refractivity contribution is 7.99. The van der Waals surface area contributed by atoms with E-state index in [1.54, 1.807) is 12.3 Å². The Morgan fingerprint density at radius 3 is 2.94 bits per heavy atom. The lowest BCUT2D eigenvalue weighted by Gasteiger charge is -2.10. The molecule has 0 fully saturated rings. The van der Waals surface area contributed by atoms with Gasteiger partial charge >= 0.3 is 0 Å². The lowest BCUT2D eigenvalue weighted by molar-refractivity contribution is 0.454. The number of benzene rings is 1. The van der Waals surface area contributed by atoms with E-state index in [-0.39, 0.29) is 11.9 Å². The van der Waals surface area contributed by atoms with Gasteiger partial charge in [0.2, 0.25) is 0 Å². The summed E-state index contributed by atoms with van der Waals surface area (Å²) in [5.74, 6) is -0.288. The first-order valence-electron chi connectivity index (χ1n) is 4.79. The van der Waals surface area contributed by atoms with Crippen LogP contribution < -0.4 is 5.73 Å². The maximum absolute atomic E-state index is 13.1. The van der Waals surface area contributed by atoms with E-state index >= 15 is 0 Å². The molecule has 1 aromatic heterocycles. The molecule has 0 aliphatic carbocycles. The molecule has 1 heterocycles. The fourth-order valence-electron chi connectivity index (χ4n) is 1.32. The van der Waals surface area contributed by atoms with Crippen LogP contribution in [0, 0.1) is 5.82 Å². The summed E-state index contributed by atoms with van der Waals surface area (Å²) >= 11 is 1.33. The van der Waals surface area contributed by atoms with E-state index < -0.39 is 0 Å².